The molecule has 6 heteroatoms. The average molecular weight is 260 g/mol. The lowest BCUT2D eigenvalue weighted by molar-refractivity contribution is -0.136. The smallest absolute Gasteiger partial charge is 0.303 e. The Morgan fingerprint density at radius 2 is 2.05 bits per heavy atom. The van der Waals surface area contributed by atoms with Crippen LogP contribution in [0.1, 0.15) is 17.5 Å². The van der Waals surface area contributed by atoms with Gasteiger partial charge in [0.15, 0.2) is 5.82 Å². The van der Waals surface area contributed by atoms with Gasteiger partial charge in [0, 0.05) is 12.0 Å². The number of carboxylic acids is 1. The van der Waals surface area contributed by atoms with Gasteiger partial charge >= 0.3 is 5.97 Å². The number of aliphatic carboxylic acids is 1. The fourth-order valence-corrected chi connectivity index (χ4v) is 1.95. The van der Waals surface area contributed by atoms with Gasteiger partial charge in [-0.05, 0) is 25.0 Å². The van der Waals surface area contributed by atoms with Gasteiger partial charge in [-0.2, -0.15) is 0 Å². The van der Waals surface area contributed by atoms with Crippen LogP contribution in [0.2, 0.25) is 0 Å². The van der Waals surface area contributed by atoms with E-state index < -0.39 is 5.97 Å². The highest BCUT2D eigenvalue weighted by molar-refractivity contribution is 5.68. The summed E-state index contributed by atoms with van der Waals surface area (Å²) in [5.41, 5.74) is 14.3. The first kappa shape index (κ1) is 12.9. The number of hydrogen-bond donors (Lipinski definition) is 3. The summed E-state index contributed by atoms with van der Waals surface area (Å²) in [4.78, 5) is 10.6. The molecule has 1 aromatic heterocycles. The molecule has 0 amide bonds. The summed E-state index contributed by atoms with van der Waals surface area (Å²) in [6.45, 7) is 1.95. The summed E-state index contributed by atoms with van der Waals surface area (Å²) >= 11 is 0. The Kier molecular flexibility index (Phi) is 3.41. The number of rotatable bonds is 4. The Hall–Kier alpha value is -2.50. The number of aryl methyl sites for hydroxylation is 1. The highest BCUT2D eigenvalue weighted by atomic mass is 16.4. The number of aromatic nitrogens is 2. The number of carboxylic acid groups (broad SMARTS) is 1. The third kappa shape index (κ3) is 2.52. The normalized spacial score (nSPS) is 10.6. The van der Waals surface area contributed by atoms with E-state index in [-0.39, 0.29) is 18.7 Å². The molecule has 2 aromatic rings. The second-order valence-corrected chi connectivity index (χ2v) is 4.34. The van der Waals surface area contributed by atoms with Crippen LogP contribution in [0.3, 0.4) is 0 Å². The molecule has 6 nitrogen and oxygen atoms in total. The Morgan fingerprint density at radius 1 is 1.37 bits per heavy atom. The lowest BCUT2D eigenvalue weighted by Gasteiger charge is -2.07. The molecule has 1 aromatic carbocycles. The van der Waals surface area contributed by atoms with Crippen molar-refractivity contribution in [1.29, 1.82) is 0 Å². The van der Waals surface area contributed by atoms with Gasteiger partial charge in [-0.15, -0.1) is 5.10 Å². The van der Waals surface area contributed by atoms with Crippen LogP contribution in [-0.4, -0.2) is 20.9 Å². The van der Waals surface area contributed by atoms with Crippen molar-refractivity contribution in [3.05, 3.63) is 35.4 Å². The molecule has 19 heavy (non-hydrogen) atoms. The number of nitrogens with two attached hydrogens (primary N) is 2. The number of anilines is 2. The van der Waals surface area contributed by atoms with E-state index in [0.717, 1.165) is 11.3 Å². The van der Waals surface area contributed by atoms with E-state index in [9.17, 15) is 4.79 Å². The zero-order valence-electron chi connectivity index (χ0n) is 10.6. The van der Waals surface area contributed by atoms with Gasteiger partial charge in [0.05, 0.1) is 5.69 Å². The number of nitrogens with zero attached hydrogens (tertiary/aromatic N) is 2. The van der Waals surface area contributed by atoms with Crippen LogP contribution >= 0.6 is 0 Å². The predicted octanol–water partition coefficient (Wildman–Crippen LogP) is 1.36. The molecule has 0 atom stereocenters. The van der Waals surface area contributed by atoms with E-state index in [4.69, 9.17) is 16.6 Å². The number of nitrogen functional groups attached to an aromatic ring is 2. The molecular weight excluding hydrogens is 244 g/mol. The van der Waals surface area contributed by atoms with Gasteiger partial charge in [-0.3, -0.25) is 4.79 Å². The zero-order valence-corrected chi connectivity index (χ0v) is 10.6. The van der Waals surface area contributed by atoms with Gasteiger partial charge in [0.1, 0.15) is 5.82 Å². The maximum atomic E-state index is 10.6. The van der Waals surface area contributed by atoms with Crippen LogP contribution in [0.25, 0.3) is 5.69 Å². The molecule has 0 saturated heterocycles. The quantitative estimate of drug-likeness (QED) is 0.769. The highest BCUT2D eigenvalue weighted by Gasteiger charge is 2.16. The molecule has 0 aliphatic heterocycles. The minimum absolute atomic E-state index is 0.0200. The van der Waals surface area contributed by atoms with Crippen LogP contribution in [0, 0.1) is 6.92 Å². The van der Waals surface area contributed by atoms with Gasteiger partial charge in [-0.1, -0.05) is 18.2 Å². The van der Waals surface area contributed by atoms with Gasteiger partial charge < -0.3 is 16.6 Å². The molecule has 0 fully saturated rings. The second-order valence-electron chi connectivity index (χ2n) is 4.34. The second kappa shape index (κ2) is 5.01. The standard InChI is InChI=1S/C13H16N4O2/c1-8-4-2-3-5-10(8)17-13(15)9(12(14)16-17)6-7-11(18)19/h2-5H,6-7,15H2,1H3,(H2,14,16)(H,18,19). The van der Waals surface area contributed by atoms with Crippen LogP contribution < -0.4 is 11.5 Å². The lowest BCUT2D eigenvalue weighted by Crippen LogP contribution is -2.05. The van der Waals surface area contributed by atoms with E-state index in [2.05, 4.69) is 5.10 Å². The summed E-state index contributed by atoms with van der Waals surface area (Å²) < 4.78 is 1.56. The Morgan fingerprint density at radius 3 is 2.68 bits per heavy atom. The average Bonchev–Trinajstić information content (AvgIpc) is 2.63. The van der Waals surface area contributed by atoms with Crippen molar-refractivity contribution in [2.45, 2.75) is 19.8 Å². The first-order chi connectivity index (χ1) is 9.00. The van der Waals surface area contributed by atoms with Crippen LogP contribution in [0.5, 0.6) is 0 Å². The Bertz CT molecular complexity index is 619. The van der Waals surface area contributed by atoms with Crippen LogP contribution in [0.15, 0.2) is 24.3 Å². The molecule has 5 N–H and O–H groups in total. The van der Waals surface area contributed by atoms with Gasteiger partial charge in [0.25, 0.3) is 0 Å². The lowest BCUT2D eigenvalue weighted by atomic mass is 10.1. The summed E-state index contributed by atoms with van der Waals surface area (Å²) in [6.07, 6.45) is 0.257. The molecular formula is C13H16N4O2. The van der Waals surface area contributed by atoms with E-state index in [1.807, 2.05) is 31.2 Å². The SMILES string of the molecule is Cc1ccccc1-n1nc(N)c(CCC(=O)O)c1N. The van der Waals surface area contributed by atoms with Crippen molar-refractivity contribution < 1.29 is 9.90 Å². The topological polar surface area (TPSA) is 107 Å². The molecule has 2 rings (SSSR count). The predicted molar refractivity (Wildman–Crippen MR) is 73.1 cm³/mol. The Labute approximate surface area is 110 Å². The maximum absolute atomic E-state index is 10.6. The van der Waals surface area contributed by atoms with Crippen molar-refractivity contribution in [3.8, 4) is 5.69 Å². The summed E-state index contributed by atoms with van der Waals surface area (Å²) in [7, 11) is 0. The number of carbonyl (C=O) groups is 1. The van der Waals surface area contributed by atoms with E-state index >= 15 is 0 Å². The van der Waals surface area contributed by atoms with Crippen molar-refractivity contribution in [1.82, 2.24) is 9.78 Å². The molecule has 100 valence electrons. The van der Waals surface area contributed by atoms with E-state index in [1.165, 1.54) is 0 Å². The van der Waals surface area contributed by atoms with Crippen LogP contribution in [0.4, 0.5) is 11.6 Å². The Balaban J connectivity index is 2.41. The largest absolute Gasteiger partial charge is 0.481 e. The fourth-order valence-electron chi connectivity index (χ4n) is 1.95. The molecule has 0 aliphatic carbocycles. The third-order valence-corrected chi connectivity index (χ3v) is 2.99. The van der Waals surface area contributed by atoms with Gasteiger partial charge in [-0.25, -0.2) is 4.68 Å². The summed E-state index contributed by atoms with van der Waals surface area (Å²) in [6, 6.07) is 7.65. The minimum Gasteiger partial charge on any atom is -0.481 e. The summed E-state index contributed by atoms with van der Waals surface area (Å²) in [5, 5.41) is 12.9. The maximum Gasteiger partial charge on any atom is 0.303 e. The third-order valence-electron chi connectivity index (χ3n) is 2.99. The van der Waals surface area contributed by atoms with E-state index in [1.54, 1.807) is 4.68 Å². The van der Waals surface area contributed by atoms with Gasteiger partial charge in [0.2, 0.25) is 0 Å². The fraction of sp³-hybridized carbons (Fsp3) is 0.231. The van der Waals surface area contributed by atoms with Crippen molar-refractivity contribution >= 4 is 17.6 Å². The highest BCUT2D eigenvalue weighted by Crippen LogP contribution is 2.25. The number of para-hydroxylation sites is 1. The first-order valence-electron chi connectivity index (χ1n) is 5.91. The molecule has 0 aliphatic rings. The summed E-state index contributed by atoms with van der Waals surface area (Å²) in [5.74, 6) is -0.211. The molecule has 0 radical (unpaired) electrons. The number of hydrogen-bond acceptors (Lipinski definition) is 4. The molecule has 0 bridgehead atoms. The van der Waals surface area contributed by atoms with E-state index in [0.29, 0.717) is 11.4 Å². The molecule has 0 spiro atoms. The minimum atomic E-state index is -0.887. The van der Waals surface area contributed by atoms with Crippen molar-refractivity contribution in [2.75, 3.05) is 11.5 Å². The zero-order chi connectivity index (χ0) is 14.0. The van der Waals surface area contributed by atoms with Crippen LogP contribution in [-0.2, 0) is 11.2 Å². The van der Waals surface area contributed by atoms with Crippen molar-refractivity contribution in [2.24, 2.45) is 0 Å². The molecule has 0 unspecified atom stereocenters. The molecule has 0 saturated carbocycles. The monoisotopic (exact) mass is 260 g/mol. The first-order valence-corrected chi connectivity index (χ1v) is 5.91. The molecule has 1 heterocycles. The van der Waals surface area contributed by atoms with Crippen molar-refractivity contribution in [3.63, 3.8) is 0 Å². The number of benzene rings is 1.